The standard InChI is InChI=1S/C15H24N2O5/c1-4-5-11(15(21)22)17-10(2)8-13(19)14(20)12(17)9-16(3)6-7-18/h8,11,18,20H,4-7,9H2,1-3H3,(H,21,22). The van der Waals surface area contributed by atoms with Crippen molar-refractivity contribution < 1.29 is 20.1 Å². The van der Waals surface area contributed by atoms with Crippen LogP contribution >= 0.6 is 0 Å². The molecule has 7 nitrogen and oxygen atoms in total. The Kier molecular flexibility index (Phi) is 6.58. The van der Waals surface area contributed by atoms with E-state index >= 15 is 0 Å². The van der Waals surface area contributed by atoms with Crippen LogP contribution < -0.4 is 5.43 Å². The summed E-state index contributed by atoms with van der Waals surface area (Å²) in [6.07, 6.45) is 1.06. The molecule has 0 amide bonds. The predicted octanol–water partition coefficient (Wildman–Crippen LogP) is 0.712. The fraction of sp³-hybridized carbons (Fsp3) is 0.600. The second-order valence-corrected chi connectivity index (χ2v) is 5.42. The SMILES string of the molecule is CCCC(C(=O)O)n1c(C)cc(=O)c(O)c1CN(C)CCO. The molecule has 0 radical (unpaired) electrons. The van der Waals surface area contributed by atoms with Crippen LogP contribution in [-0.2, 0) is 11.3 Å². The van der Waals surface area contributed by atoms with Crippen molar-refractivity contribution in [3.8, 4) is 5.75 Å². The molecule has 1 aromatic rings. The smallest absolute Gasteiger partial charge is 0.326 e. The maximum atomic E-state index is 11.8. The number of aliphatic hydroxyl groups excluding tert-OH is 1. The highest BCUT2D eigenvalue weighted by Gasteiger charge is 2.25. The van der Waals surface area contributed by atoms with E-state index in [4.69, 9.17) is 5.11 Å². The molecule has 1 atom stereocenters. The van der Waals surface area contributed by atoms with E-state index in [0.717, 1.165) is 0 Å². The molecule has 1 rings (SSSR count). The number of aryl methyl sites for hydroxylation is 1. The van der Waals surface area contributed by atoms with Gasteiger partial charge in [0.15, 0.2) is 5.75 Å². The number of hydrogen-bond donors (Lipinski definition) is 3. The summed E-state index contributed by atoms with van der Waals surface area (Å²) in [5.41, 5.74) is 0.236. The number of carboxylic acids is 1. The molecule has 0 aromatic carbocycles. The Morgan fingerprint density at radius 2 is 2.09 bits per heavy atom. The van der Waals surface area contributed by atoms with Gasteiger partial charge in [-0.2, -0.15) is 0 Å². The Labute approximate surface area is 129 Å². The third-order valence-electron chi connectivity index (χ3n) is 3.58. The highest BCUT2D eigenvalue weighted by Crippen LogP contribution is 2.24. The Bertz CT molecular complexity index is 582. The molecular weight excluding hydrogens is 288 g/mol. The lowest BCUT2D eigenvalue weighted by molar-refractivity contribution is -0.141. The van der Waals surface area contributed by atoms with Crippen LogP contribution in [0.4, 0.5) is 0 Å². The number of aromatic hydroxyl groups is 1. The van der Waals surface area contributed by atoms with Gasteiger partial charge in [-0.1, -0.05) is 13.3 Å². The molecule has 0 saturated heterocycles. The summed E-state index contributed by atoms with van der Waals surface area (Å²) in [7, 11) is 1.72. The molecule has 0 aliphatic carbocycles. The van der Waals surface area contributed by atoms with Crippen molar-refractivity contribution in [2.24, 2.45) is 0 Å². The highest BCUT2D eigenvalue weighted by atomic mass is 16.4. The first-order valence-electron chi connectivity index (χ1n) is 7.29. The largest absolute Gasteiger partial charge is 0.503 e. The summed E-state index contributed by atoms with van der Waals surface area (Å²) < 4.78 is 1.51. The Morgan fingerprint density at radius 1 is 1.45 bits per heavy atom. The first kappa shape index (κ1) is 18.2. The Hall–Kier alpha value is -1.86. The van der Waals surface area contributed by atoms with Gasteiger partial charge in [0.2, 0.25) is 5.43 Å². The van der Waals surface area contributed by atoms with Crippen molar-refractivity contribution in [3.63, 3.8) is 0 Å². The third-order valence-corrected chi connectivity index (χ3v) is 3.58. The van der Waals surface area contributed by atoms with Crippen molar-refractivity contribution in [2.75, 3.05) is 20.2 Å². The summed E-state index contributed by atoms with van der Waals surface area (Å²) in [6, 6.07) is 0.408. The lowest BCUT2D eigenvalue weighted by atomic mass is 10.1. The summed E-state index contributed by atoms with van der Waals surface area (Å²) in [4.78, 5) is 25.1. The first-order chi connectivity index (χ1) is 10.3. The number of aliphatic carboxylic acids is 1. The van der Waals surface area contributed by atoms with E-state index in [1.807, 2.05) is 6.92 Å². The molecule has 3 N–H and O–H groups in total. The number of likely N-dealkylation sites (N-methyl/N-ethyl adjacent to an activating group) is 1. The maximum absolute atomic E-state index is 11.8. The van der Waals surface area contributed by atoms with Gasteiger partial charge in [0.25, 0.3) is 0 Å². The third kappa shape index (κ3) is 4.08. The minimum Gasteiger partial charge on any atom is -0.503 e. The van der Waals surface area contributed by atoms with Gasteiger partial charge in [0, 0.05) is 24.8 Å². The van der Waals surface area contributed by atoms with E-state index in [1.165, 1.54) is 10.6 Å². The molecule has 0 fully saturated rings. The van der Waals surface area contributed by atoms with E-state index < -0.39 is 23.2 Å². The predicted molar refractivity (Wildman–Crippen MR) is 82.1 cm³/mol. The topological polar surface area (TPSA) is 103 Å². The molecule has 0 aliphatic rings. The monoisotopic (exact) mass is 312 g/mol. The number of carbonyl (C=O) groups is 1. The van der Waals surface area contributed by atoms with Crippen LogP contribution in [0.15, 0.2) is 10.9 Å². The summed E-state index contributed by atoms with van der Waals surface area (Å²) in [5, 5.41) is 28.6. The van der Waals surface area contributed by atoms with Gasteiger partial charge in [-0.15, -0.1) is 0 Å². The minimum absolute atomic E-state index is 0.0649. The van der Waals surface area contributed by atoms with Gasteiger partial charge >= 0.3 is 5.97 Å². The van der Waals surface area contributed by atoms with Gasteiger partial charge in [0.1, 0.15) is 6.04 Å². The number of nitrogens with zero attached hydrogens (tertiary/aromatic N) is 2. The lowest BCUT2D eigenvalue weighted by Crippen LogP contribution is -2.30. The van der Waals surface area contributed by atoms with Gasteiger partial charge in [0.05, 0.1) is 12.3 Å². The number of aliphatic hydroxyl groups is 1. The van der Waals surface area contributed by atoms with Crippen LogP contribution in [0.25, 0.3) is 0 Å². The van der Waals surface area contributed by atoms with E-state index in [-0.39, 0.29) is 18.8 Å². The molecule has 0 aliphatic heterocycles. The summed E-state index contributed by atoms with van der Waals surface area (Å²) >= 11 is 0. The van der Waals surface area contributed by atoms with Crippen molar-refractivity contribution in [1.82, 2.24) is 9.47 Å². The van der Waals surface area contributed by atoms with E-state index in [1.54, 1.807) is 18.9 Å². The molecule has 1 heterocycles. The van der Waals surface area contributed by atoms with E-state index in [9.17, 15) is 19.8 Å². The maximum Gasteiger partial charge on any atom is 0.326 e. The molecule has 1 unspecified atom stereocenters. The van der Waals surface area contributed by atoms with Gasteiger partial charge in [-0.3, -0.25) is 9.69 Å². The van der Waals surface area contributed by atoms with Gasteiger partial charge in [-0.25, -0.2) is 4.79 Å². The molecule has 22 heavy (non-hydrogen) atoms. The molecule has 1 aromatic heterocycles. The van der Waals surface area contributed by atoms with E-state index in [2.05, 4.69) is 0 Å². The number of pyridine rings is 1. The zero-order chi connectivity index (χ0) is 16.9. The second kappa shape index (κ2) is 7.95. The summed E-state index contributed by atoms with van der Waals surface area (Å²) in [6.45, 7) is 4.00. The first-order valence-corrected chi connectivity index (χ1v) is 7.29. The molecule has 0 saturated carbocycles. The zero-order valence-electron chi connectivity index (χ0n) is 13.2. The van der Waals surface area contributed by atoms with Crippen molar-refractivity contribution >= 4 is 5.97 Å². The van der Waals surface area contributed by atoms with Crippen LogP contribution in [0, 0.1) is 6.92 Å². The molecule has 0 bridgehead atoms. The fourth-order valence-electron chi connectivity index (χ4n) is 2.52. The van der Waals surface area contributed by atoms with Crippen LogP contribution in [0.1, 0.15) is 37.2 Å². The highest BCUT2D eigenvalue weighted by molar-refractivity contribution is 5.72. The quantitative estimate of drug-likeness (QED) is 0.653. The normalized spacial score (nSPS) is 12.6. The Morgan fingerprint density at radius 3 is 2.59 bits per heavy atom. The van der Waals surface area contributed by atoms with Crippen LogP contribution in [0.5, 0.6) is 5.75 Å². The van der Waals surface area contributed by atoms with Gasteiger partial charge in [-0.05, 0) is 20.4 Å². The lowest BCUT2D eigenvalue weighted by Gasteiger charge is -2.26. The average molecular weight is 312 g/mol. The van der Waals surface area contributed by atoms with Crippen molar-refractivity contribution in [1.29, 1.82) is 0 Å². The number of aromatic nitrogens is 1. The van der Waals surface area contributed by atoms with Crippen LogP contribution in [-0.4, -0.2) is 51.0 Å². The van der Waals surface area contributed by atoms with Crippen molar-refractivity contribution in [3.05, 3.63) is 27.7 Å². The fourth-order valence-corrected chi connectivity index (χ4v) is 2.52. The molecule has 0 spiro atoms. The van der Waals surface area contributed by atoms with Crippen LogP contribution in [0.3, 0.4) is 0 Å². The van der Waals surface area contributed by atoms with Gasteiger partial charge < -0.3 is 19.9 Å². The zero-order valence-corrected chi connectivity index (χ0v) is 13.2. The summed E-state index contributed by atoms with van der Waals surface area (Å²) in [5.74, 6) is -1.43. The molecule has 124 valence electrons. The van der Waals surface area contributed by atoms with Crippen LogP contribution in [0.2, 0.25) is 0 Å². The van der Waals surface area contributed by atoms with Crippen molar-refractivity contribution in [2.45, 2.75) is 39.3 Å². The number of rotatable bonds is 8. The number of hydrogen-bond acceptors (Lipinski definition) is 5. The minimum atomic E-state index is -1.00. The Balaban J connectivity index is 3.43. The average Bonchev–Trinajstić information content (AvgIpc) is 2.43. The van der Waals surface area contributed by atoms with E-state index in [0.29, 0.717) is 25.1 Å². The second-order valence-electron chi connectivity index (χ2n) is 5.42. The molecule has 7 heteroatoms. The number of carboxylic acid groups (broad SMARTS) is 1. The molecular formula is C15H24N2O5.